The summed E-state index contributed by atoms with van der Waals surface area (Å²) in [7, 11) is 1.60. The summed E-state index contributed by atoms with van der Waals surface area (Å²) in [5.74, 6) is 0.308. The van der Waals surface area contributed by atoms with Crippen LogP contribution in [-0.2, 0) is 13.2 Å². The molecule has 3 rings (SSSR count). The van der Waals surface area contributed by atoms with E-state index in [2.05, 4.69) is 21.2 Å². The lowest BCUT2D eigenvalue weighted by molar-refractivity contribution is 0.0697. The SMILES string of the molecule is COc1cc(CNc2ccc(C(=O)O)cc2)c(Br)cc1OCc1ccc(Cl)cc1. The van der Waals surface area contributed by atoms with E-state index in [4.69, 9.17) is 26.2 Å². The Morgan fingerprint density at radius 3 is 2.38 bits per heavy atom. The number of ether oxygens (including phenoxy) is 2. The maximum Gasteiger partial charge on any atom is 0.335 e. The molecule has 7 heteroatoms. The molecular weight excluding hydrogens is 458 g/mol. The van der Waals surface area contributed by atoms with Gasteiger partial charge in [-0.3, -0.25) is 0 Å². The lowest BCUT2D eigenvalue weighted by Crippen LogP contribution is -2.03. The molecule has 3 aromatic rings. The minimum Gasteiger partial charge on any atom is -0.493 e. The van der Waals surface area contributed by atoms with Crippen LogP contribution in [0.2, 0.25) is 5.02 Å². The molecule has 5 nitrogen and oxygen atoms in total. The number of halogens is 2. The number of rotatable bonds is 8. The van der Waals surface area contributed by atoms with Crippen molar-refractivity contribution < 1.29 is 19.4 Å². The standard InChI is InChI=1S/C22H19BrClNO4/c1-28-20-10-16(12-25-18-8-4-15(5-9-18)22(26)27)19(23)11-21(20)29-13-14-2-6-17(24)7-3-14/h2-11,25H,12-13H2,1H3,(H,26,27). The highest BCUT2D eigenvalue weighted by Gasteiger charge is 2.11. The second-order valence-electron chi connectivity index (χ2n) is 6.25. The number of nitrogens with one attached hydrogen (secondary N) is 1. The van der Waals surface area contributed by atoms with Crippen LogP contribution >= 0.6 is 27.5 Å². The summed E-state index contributed by atoms with van der Waals surface area (Å²) in [6, 6.07) is 17.9. The van der Waals surface area contributed by atoms with E-state index in [1.165, 1.54) is 0 Å². The first-order valence-corrected chi connectivity index (χ1v) is 9.94. The maximum absolute atomic E-state index is 10.9. The molecule has 0 unspecified atom stereocenters. The average Bonchev–Trinajstić information content (AvgIpc) is 2.73. The number of hydrogen-bond acceptors (Lipinski definition) is 4. The van der Waals surface area contributed by atoms with Crippen molar-refractivity contribution in [3.05, 3.63) is 86.8 Å². The molecule has 0 amide bonds. The van der Waals surface area contributed by atoms with Gasteiger partial charge in [-0.2, -0.15) is 0 Å². The smallest absolute Gasteiger partial charge is 0.335 e. The monoisotopic (exact) mass is 475 g/mol. The molecule has 0 aliphatic rings. The van der Waals surface area contributed by atoms with Crippen molar-refractivity contribution in [2.45, 2.75) is 13.2 Å². The van der Waals surface area contributed by atoms with Gasteiger partial charge in [-0.1, -0.05) is 39.7 Å². The van der Waals surface area contributed by atoms with E-state index < -0.39 is 5.97 Å². The summed E-state index contributed by atoms with van der Waals surface area (Å²) in [6.07, 6.45) is 0. The van der Waals surface area contributed by atoms with Crippen molar-refractivity contribution in [1.82, 2.24) is 0 Å². The Balaban J connectivity index is 1.68. The van der Waals surface area contributed by atoms with Crippen molar-refractivity contribution in [2.75, 3.05) is 12.4 Å². The van der Waals surface area contributed by atoms with Gasteiger partial charge < -0.3 is 19.9 Å². The number of aromatic carboxylic acids is 1. The molecule has 29 heavy (non-hydrogen) atoms. The van der Waals surface area contributed by atoms with Gasteiger partial charge >= 0.3 is 5.97 Å². The van der Waals surface area contributed by atoms with Crippen LogP contribution in [0.4, 0.5) is 5.69 Å². The van der Waals surface area contributed by atoms with Gasteiger partial charge in [0.05, 0.1) is 12.7 Å². The van der Waals surface area contributed by atoms with Crippen LogP contribution in [0, 0.1) is 0 Å². The molecule has 0 saturated heterocycles. The number of carboxylic acid groups (broad SMARTS) is 1. The van der Waals surface area contributed by atoms with E-state index in [0.717, 1.165) is 21.3 Å². The average molecular weight is 477 g/mol. The number of benzene rings is 3. The third-order valence-corrected chi connectivity index (χ3v) is 5.25. The summed E-state index contributed by atoms with van der Waals surface area (Å²) in [5, 5.41) is 12.9. The van der Waals surface area contributed by atoms with Gasteiger partial charge in [0.2, 0.25) is 0 Å². The molecule has 0 spiro atoms. The predicted molar refractivity (Wildman–Crippen MR) is 117 cm³/mol. The Labute approximate surface area is 182 Å². The predicted octanol–water partition coefficient (Wildman–Crippen LogP) is 6.00. The summed E-state index contributed by atoms with van der Waals surface area (Å²) in [6.45, 7) is 0.925. The molecule has 0 aromatic heterocycles. The van der Waals surface area contributed by atoms with Gasteiger partial charge in [0.15, 0.2) is 11.5 Å². The zero-order valence-electron chi connectivity index (χ0n) is 15.6. The van der Waals surface area contributed by atoms with Gasteiger partial charge in [0.1, 0.15) is 6.61 Å². The third kappa shape index (κ3) is 5.65. The molecule has 3 aromatic carbocycles. The fourth-order valence-electron chi connectivity index (χ4n) is 2.65. The van der Waals surface area contributed by atoms with E-state index in [9.17, 15) is 4.79 Å². The molecule has 150 valence electrons. The van der Waals surface area contributed by atoms with Crippen molar-refractivity contribution in [3.63, 3.8) is 0 Å². The molecule has 0 fully saturated rings. The number of hydrogen-bond donors (Lipinski definition) is 2. The normalized spacial score (nSPS) is 10.4. The first kappa shape index (κ1) is 21.0. The van der Waals surface area contributed by atoms with Crippen LogP contribution in [0.25, 0.3) is 0 Å². The Morgan fingerprint density at radius 2 is 1.76 bits per heavy atom. The van der Waals surface area contributed by atoms with Gasteiger partial charge in [-0.05, 0) is 59.7 Å². The Kier molecular flexibility index (Phi) is 7.01. The van der Waals surface area contributed by atoms with Gasteiger partial charge in [0.25, 0.3) is 0 Å². The highest BCUT2D eigenvalue weighted by atomic mass is 79.9. The summed E-state index contributed by atoms with van der Waals surface area (Å²) < 4.78 is 12.3. The highest BCUT2D eigenvalue weighted by Crippen LogP contribution is 2.34. The van der Waals surface area contributed by atoms with E-state index in [0.29, 0.717) is 29.7 Å². The molecular formula is C22H19BrClNO4. The first-order chi connectivity index (χ1) is 14.0. The number of carboxylic acids is 1. The zero-order valence-corrected chi connectivity index (χ0v) is 18.0. The third-order valence-electron chi connectivity index (χ3n) is 4.26. The Morgan fingerprint density at radius 1 is 1.07 bits per heavy atom. The quantitative estimate of drug-likeness (QED) is 0.417. The van der Waals surface area contributed by atoms with Crippen LogP contribution in [0.15, 0.2) is 65.1 Å². The van der Waals surface area contributed by atoms with Crippen LogP contribution < -0.4 is 14.8 Å². The maximum atomic E-state index is 10.9. The molecule has 0 aliphatic heterocycles. The summed E-state index contributed by atoms with van der Waals surface area (Å²) in [5.41, 5.74) is 3.05. The molecule has 0 atom stereocenters. The Bertz CT molecular complexity index is 991. The first-order valence-electron chi connectivity index (χ1n) is 8.77. The fourth-order valence-corrected chi connectivity index (χ4v) is 3.24. The van der Waals surface area contributed by atoms with Gasteiger partial charge in [-0.15, -0.1) is 0 Å². The largest absolute Gasteiger partial charge is 0.493 e. The van der Waals surface area contributed by atoms with Crippen LogP contribution in [0.3, 0.4) is 0 Å². The molecule has 0 aliphatic carbocycles. The minimum absolute atomic E-state index is 0.251. The molecule has 0 saturated carbocycles. The number of anilines is 1. The molecule has 0 bridgehead atoms. The number of carbonyl (C=O) groups is 1. The Hall–Kier alpha value is -2.70. The number of methoxy groups -OCH3 is 1. The van der Waals surface area contributed by atoms with E-state index >= 15 is 0 Å². The van der Waals surface area contributed by atoms with E-state index in [1.54, 1.807) is 31.4 Å². The molecule has 0 radical (unpaired) electrons. The minimum atomic E-state index is -0.946. The second kappa shape index (κ2) is 9.67. The summed E-state index contributed by atoms with van der Waals surface area (Å²) in [4.78, 5) is 10.9. The van der Waals surface area contributed by atoms with Crippen molar-refractivity contribution in [3.8, 4) is 11.5 Å². The van der Waals surface area contributed by atoms with E-state index in [-0.39, 0.29) is 5.56 Å². The van der Waals surface area contributed by atoms with Crippen molar-refractivity contribution in [2.24, 2.45) is 0 Å². The van der Waals surface area contributed by atoms with Crippen molar-refractivity contribution in [1.29, 1.82) is 0 Å². The van der Waals surface area contributed by atoms with Gasteiger partial charge in [-0.25, -0.2) is 4.79 Å². The topological polar surface area (TPSA) is 67.8 Å². The highest BCUT2D eigenvalue weighted by molar-refractivity contribution is 9.10. The van der Waals surface area contributed by atoms with Crippen molar-refractivity contribution >= 4 is 39.2 Å². The lowest BCUT2D eigenvalue weighted by atomic mass is 10.1. The fraction of sp³-hybridized carbons (Fsp3) is 0.136. The molecule has 0 heterocycles. The van der Waals surface area contributed by atoms with Gasteiger partial charge in [0, 0.05) is 21.7 Å². The summed E-state index contributed by atoms with van der Waals surface area (Å²) >= 11 is 9.49. The van der Waals surface area contributed by atoms with E-state index in [1.807, 2.05) is 36.4 Å². The van der Waals surface area contributed by atoms with Crippen LogP contribution in [0.1, 0.15) is 21.5 Å². The lowest BCUT2D eigenvalue weighted by Gasteiger charge is -2.15. The second-order valence-corrected chi connectivity index (χ2v) is 7.54. The zero-order chi connectivity index (χ0) is 20.8. The van der Waals surface area contributed by atoms with Crippen LogP contribution in [0.5, 0.6) is 11.5 Å². The van der Waals surface area contributed by atoms with Crippen LogP contribution in [-0.4, -0.2) is 18.2 Å². The molecule has 2 N–H and O–H groups in total.